The van der Waals surface area contributed by atoms with E-state index in [9.17, 15) is 0 Å². The third-order valence-electron chi connectivity index (χ3n) is 2.48. The second kappa shape index (κ2) is 3.28. The maximum absolute atomic E-state index is 5.75. The standard InChI is InChI=1S/C14H10O/c1-2-6-11(7-3-1)14-10-12-8-4-5-9-13(12)15-14/h1-10H. The van der Waals surface area contributed by atoms with Gasteiger partial charge in [-0.1, -0.05) is 48.5 Å². The number of para-hydroxylation sites is 1. The zero-order chi connectivity index (χ0) is 10.1. The number of rotatable bonds is 1. The van der Waals surface area contributed by atoms with Crippen LogP contribution < -0.4 is 0 Å². The Morgan fingerprint density at radius 1 is 0.733 bits per heavy atom. The molecule has 0 N–H and O–H groups in total. The zero-order valence-corrected chi connectivity index (χ0v) is 8.18. The molecule has 72 valence electrons. The third-order valence-corrected chi connectivity index (χ3v) is 2.48. The van der Waals surface area contributed by atoms with E-state index in [1.807, 2.05) is 36.4 Å². The van der Waals surface area contributed by atoms with E-state index in [0.29, 0.717) is 0 Å². The lowest BCUT2D eigenvalue weighted by atomic mass is 10.1. The Kier molecular flexibility index (Phi) is 1.82. The molecule has 0 aliphatic carbocycles. The Labute approximate surface area is 88.0 Å². The molecule has 15 heavy (non-hydrogen) atoms. The summed E-state index contributed by atoms with van der Waals surface area (Å²) in [6, 6.07) is 20.3. The lowest BCUT2D eigenvalue weighted by molar-refractivity contribution is 0.631. The molecule has 3 rings (SSSR count). The Morgan fingerprint density at radius 3 is 2.27 bits per heavy atom. The molecule has 1 nitrogen and oxygen atoms in total. The van der Waals surface area contributed by atoms with Crippen molar-refractivity contribution in [3.8, 4) is 11.3 Å². The third kappa shape index (κ3) is 1.42. The van der Waals surface area contributed by atoms with Crippen LogP contribution >= 0.6 is 0 Å². The van der Waals surface area contributed by atoms with Crippen LogP contribution in [-0.2, 0) is 0 Å². The smallest absolute Gasteiger partial charge is 0.135 e. The predicted molar refractivity (Wildman–Crippen MR) is 61.7 cm³/mol. The molecule has 0 aliphatic heterocycles. The molecule has 0 spiro atoms. The number of hydrogen-bond donors (Lipinski definition) is 0. The van der Waals surface area contributed by atoms with E-state index in [1.165, 1.54) is 0 Å². The normalized spacial score (nSPS) is 10.7. The molecular formula is C14H10O. The first-order valence-electron chi connectivity index (χ1n) is 4.97. The van der Waals surface area contributed by atoms with Crippen molar-refractivity contribution in [2.75, 3.05) is 0 Å². The molecular weight excluding hydrogens is 184 g/mol. The molecule has 3 aromatic rings. The van der Waals surface area contributed by atoms with Gasteiger partial charge in [0.25, 0.3) is 0 Å². The zero-order valence-electron chi connectivity index (χ0n) is 8.18. The number of fused-ring (bicyclic) bond motifs is 1. The van der Waals surface area contributed by atoms with E-state index in [-0.39, 0.29) is 0 Å². The fourth-order valence-electron chi connectivity index (χ4n) is 1.73. The predicted octanol–water partition coefficient (Wildman–Crippen LogP) is 4.10. The van der Waals surface area contributed by atoms with Gasteiger partial charge in [0.15, 0.2) is 0 Å². The second-order valence-corrected chi connectivity index (χ2v) is 3.51. The SMILES string of the molecule is c1ccc(-c2cc3ccccc3o2)cc1. The van der Waals surface area contributed by atoms with Gasteiger partial charge in [0, 0.05) is 10.9 Å². The molecule has 0 radical (unpaired) electrons. The lowest BCUT2D eigenvalue weighted by Gasteiger charge is -1.93. The molecule has 0 saturated carbocycles. The van der Waals surface area contributed by atoms with E-state index < -0.39 is 0 Å². The molecule has 0 fully saturated rings. The highest BCUT2D eigenvalue weighted by Crippen LogP contribution is 2.27. The van der Waals surface area contributed by atoms with Gasteiger partial charge < -0.3 is 4.42 Å². The van der Waals surface area contributed by atoms with Gasteiger partial charge in [-0.25, -0.2) is 0 Å². The molecule has 0 unspecified atom stereocenters. The molecule has 1 heteroatoms. The molecule has 0 saturated heterocycles. The largest absolute Gasteiger partial charge is 0.456 e. The summed E-state index contributed by atoms with van der Waals surface area (Å²) in [4.78, 5) is 0. The van der Waals surface area contributed by atoms with E-state index in [0.717, 1.165) is 22.3 Å². The van der Waals surface area contributed by atoms with Crippen LogP contribution in [0.1, 0.15) is 0 Å². The maximum Gasteiger partial charge on any atom is 0.135 e. The molecule has 0 aliphatic rings. The summed E-state index contributed by atoms with van der Waals surface area (Å²) < 4.78 is 5.75. The van der Waals surface area contributed by atoms with Gasteiger partial charge in [-0.05, 0) is 12.1 Å². The Bertz CT molecular complexity index is 545. The minimum absolute atomic E-state index is 0.928. The van der Waals surface area contributed by atoms with Gasteiger partial charge in [0.2, 0.25) is 0 Å². The minimum Gasteiger partial charge on any atom is -0.456 e. The Balaban J connectivity index is 2.21. The highest BCUT2D eigenvalue weighted by molar-refractivity contribution is 5.82. The van der Waals surface area contributed by atoms with E-state index in [4.69, 9.17) is 4.42 Å². The van der Waals surface area contributed by atoms with Crippen LogP contribution in [0.5, 0.6) is 0 Å². The summed E-state index contributed by atoms with van der Waals surface area (Å²) >= 11 is 0. The Hall–Kier alpha value is -2.02. The van der Waals surface area contributed by atoms with E-state index >= 15 is 0 Å². The molecule has 1 aromatic heterocycles. The van der Waals surface area contributed by atoms with Crippen molar-refractivity contribution in [3.05, 3.63) is 60.7 Å². The number of benzene rings is 2. The van der Waals surface area contributed by atoms with Crippen LogP contribution in [-0.4, -0.2) is 0 Å². The summed E-state index contributed by atoms with van der Waals surface area (Å²) in [7, 11) is 0. The van der Waals surface area contributed by atoms with Crippen molar-refractivity contribution in [1.29, 1.82) is 0 Å². The lowest BCUT2D eigenvalue weighted by Crippen LogP contribution is -1.69. The molecule has 1 heterocycles. The fourth-order valence-corrected chi connectivity index (χ4v) is 1.73. The summed E-state index contributed by atoms with van der Waals surface area (Å²) in [5.74, 6) is 0.928. The number of furan rings is 1. The van der Waals surface area contributed by atoms with Gasteiger partial charge in [0.05, 0.1) is 0 Å². The highest BCUT2D eigenvalue weighted by Gasteiger charge is 2.03. The first-order valence-corrected chi connectivity index (χ1v) is 4.97. The van der Waals surface area contributed by atoms with Crippen molar-refractivity contribution in [2.45, 2.75) is 0 Å². The quantitative estimate of drug-likeness (QED) is 0.568. The molecule has 0 amide bonds. The summed E-state index contributed by atoms with van der Waals surface area (Å²) in [6.07, 6.45) is 0. The molecule has 2 aromatic carbocycles. The van der Waals surface area contributed by atoms with Gasteiger partial charge in [-0.2, -0.15) is 0 Å². The summed E-state index contributed by atoms with van der Waals surface area (Å²) in [6.45, 7) is 0. The van der Waals surface area contributed by atoms with Crippen LogP contribution in [0.3, 0.4) is 0 Å². The average molecular weight is 194 g/mol. The van der Waals surface area contributed by atoms with Crippen molar-refractivity contribution in [2.24, 2.45) is 0 Å². The minimum atomic E-state index is 0.928. The number of hydrogen-bond acceptors (Lipinski definition) is 1. The van der Waals surface area contributed by atoms with Gasteiger partial charge in [0.1, 0.15) is 11.3 Å². The molecule has 0 bridgehead atoms. The first kappa shape index (κ1) is 8.30. The van der Waals surface area contributed by atoms with Crippen LogP contribution in [0, 0.1) is 0 Å². The van der Waals surface area contributed by atoms with Crippen LogP contribution in [0.25, 0.3) is 22.3 Å². The molecule has 0 atom stereocenters. The van der Waals surface area contributed by atoms with Gasteiger partial charge in [-0.3, -0.25) is 0 Å². The average Bonchev–Trinajstić information content (AvgIpc) is 2.74. The highest BCUT2D eigenvalue weighted by atomic mass is 16.3. The van der Waals surface area contributed by atoms with Crippen molar-refractivity contribution in [1.82, 2.24) is 0 Å². The maximum atomic E-state index is 5.75. The van der Waals surface area contributed by atoms with Crippen LogP contribution in [0.15, 0.2) is 65.1 Å². The monoisotopic (exact) mass is 194 g/mol. The summed E-state index contributed by atoms with van der Waals surface area (Å²) in [5.41, 5.74) is 2.06. The summed E-state index contributed by atoms with van der Waals surface area (Å²) in [5, 5.41) is 1.15. The van der Waals surface area contributed by atoms with E-state index in [2.05, 4.69) is 24.3 Å². The van der Waals surface area contributed by atoms with E-state index in [1.54, 1.807) is 0 Å². The van der Waals surface area contributed by atoms with Crippen molar-refractivity contribution < 1.29 is 4.42 Å². The Morgan fingerprint density at radius 2 is 1.47 bits per heavy atom. The second-order valence-electron chi connectivity index (χ2n) is 3.51. The van der Waals surface area contributed by atoms with Crippen molar-refractivity contribution in [3.63, 3.8) is 0 Å². The van der Waals surface area contributed by atoms with Gasteiger partial charge >= 0.3 is 0 Å². The van der Waals surface area contributed by atoms with Crippen molar-refractivity contribution >= 4 is 11.0 Å². The van der Waals surface area contributed by atoms with Crippen LogP contribution in [0.2, 0.25) is 0 Å². The van der Waals surface area contributed by atoms with Crippen LogP contribution in [0.4, 0.5) is 0 Å². The first-order chi connectivity index (χ1) is 7.43. The topological polar surface area (TPSA) is 13.1 Å². The van der Waals surface area contributed by atoms with Gasteiger partial charge in [-0.15, -0.1) is 0 Å². The fraction of sp³-hybridized carbons (Fsp3) is 0.